The summed E-state index contributed by atoms with van der Waals surface area (Å²) >= 11 is 0. The molecule has 0 aliphatic heterocycles. The Bertz CT molecular complexity index is 1300. The van der Waals surface area contributed by atoms with Gasteiger partial charge in [0.1, 0.15) is 0 Å². The van der Waals surface area contributed by atoms with Crippen LogP contribution in [0, 0.1) is 0 Å². The van der Waals surface area contributed by atoms with Crippen molar-refractivity contribution in [3.8, 4) is 0 Å². The molecule has 3 N–H and O–H groups in total. The van der Waals surface area contributed by atoms with E-state index in [4.69, 9.17) is 4.74 Å². The van der Waals surface area contributed by atoms with Gasteiger partial charge in [0, 0.05) is 12.8 Å². The van der Waals surface area contributed by atoms with Crippen LogP contribution < -0.4 is 5.32 Å². The summed E-state index contributed by atoms with van der Waals surface area (Å²) in [6.45, 7) is 4.92. The minimum atomic E-state index is -0.847. The van der Waals surface area contributed by atoms with E-state index in [2.05, 4.69) is 43.5 Å². The number of nitrogens with one attached hydrogen (secondary N) is 1. The molecule has 472 valence electrons. The third-order valence-corrected chi connectivity index (χ3v) is 16.9. The van der Waals surface area contributed by atoms with Crippen molar-refractivity contribution in [2.45, 2.75) is 411 Å². The Kier molecular flexibility index (Phi) is 67.9. The van der Waals surface area contributed by atoms with Crippen molar-refractivity contribution in [2.75, 3.05) is 13.2 Å². The summed E-state index contributed by atoms with van der Waals surface area (Å²) in [6, 6.07) is -0.631. The van der Waals surface area contributed by atoms with Gasteiger partial charge in [0.25, 0.3) is 0 Å². The Morgan fingerprint density at radius 3 is 0.900 bits per heavy atom. The Morgan fingerprint density at radius 2 is 0.588 bits per heavy atom. The molecule has 0 spiro atoms. The molecule has 2 unspecified atom stereocenters. The summed E-state index contributed by atoms with van der Waals surface area (Å²) in [4.78, 5) is 24.6. The van der Waals surface area contributed by atoms with E-state index in [0.29, 0.717) is 19.4 Å². The Balaban J connectivity index is 3.42. The number of aliphatic hydroxyl groups is 2. The number of hydrogen-bond acceptors (Lipinski definition) is 5. The highest BCUT2D eigenvalue weighted by molar-refractivity contribution is 5.76. The molecule has 0 saturated carbocycles. The molecule has 6 heteroatoms. The Hall–Kier alpha value is -1.92. The molecule has 0 rings (SSSR count). The predicted octanol–water partition coefficient (Wildman–Crippen LogP) is 23.5. The first kappa shape index (κ1) is 78.1. The number of aliphatic hydroxyl groups excluding tert-OH is 2. The van der Waals surface area contributed by atoms with Crippen LogP contribution in [0.5, 0.6) is 0 Å². The minimum Gasteiger partial charge on any atom is -0.466 e. The van der Waals surface area contributed by atoms with Gasteiger partial charge in [-0.3, -0.25) is 9.59 Å². The van der Waals surface area contributed by atoms with Crippen LogP contribution >= 0.6 is 0 Å². The molecular formula is C74H141NO5. The van der Waals surface area contributed by atoms with Crippen LogP contribution in [0.25, 0.3) is 0 Å². The highest BCUT2D eigenvalue weighted by atomic mass is 16.5. The number of rotatable bonds is 68. The Labute approximate surface area is 500 Å². The zero-order chi connectivity index (χ0) is 57.8. The summed E-state index contributed by atoms with van der Waals surface area (Å²) in [5.74, 6) is -0.0606. The van der Waals surface area contributed by atoms with Crippen LogP contribution in [-0.4, -0.2) is 47.4 Å². The maximum atomic E-state index is 12.5. The topological polar surface area (TPSA) is 95.9 Å². The second-order valence-corrected chi connectivity index (χ2v) is 24.9. The van der Waals surface area contributed by atoms with Gasteiger partial charge in [0.2, 0.25) is 5.91 Å². The van der Waals surface area contributed by atoms with Gasteiger partial charge in [-0.2, -0.15) is 0 Å². The van der Waals surface area contributed by atoms with Gasteiger partial charge in [-0.05, 0) is 83.5 Å². The van der Waals surface area contributed by atoms with Crippen molar-refractivity contribution in [2.24, 2.45) is 0 Å². The van der Waals surface area contributed by atoms with Crippen molar-refractivity contribution in [1.29, 1.82) is 0 Å². The molecule has 0 aromatic heterocycles. The fraction of sp³-hybridized carbons (Fsp3) is 0.892. The predicted molar refractivity (Wildman–Crippen MR) is 352 cm³/mol. The third kappa shape index (κ3) is 65.2. The van der Waals surface area contributed by atoms with Crippen molar-refractivity contribution in [1.82, 2.24) is 5.32 Å². The molecule has 6 nitrogen and oxygen atoms in total. The lowest BCUT2D eigenvalue weighted by Crippen LogP contribution is -2.45. The molecular weight excluding hydrogens is 983 g/mol. The van der Waals surface area contributed by atoms with Crippen LogP contribution in [0.3, 0.4) is 0 Å². The summed E-state index contributed by atoms with van der Waals surface area (Å²) in [7, 11) is 0. The number of carbonyl (C=O) groups excluding carboxylic acids is 2. The number of ether oxygens (including phenoxy) is 1. The molecule has 0 saturated heterocycles. The molecule has 1 amide bonds. The second kappa shape index (κ2) is 69.6. The monoisotopic (exact) mass is 1120 g/mol. The van der Waals surface area contributed by atoms with Crippen LogP contribution in [0.1, 0.15) is 399 Å². The highest BCUT2D eigenvalue weighted by Gasteiger charge is 2.18. The highest BCUT2D eigenvalue weighted by Crippen LogP contribution is 2.19. The number of unbranched alkanes of at least 4 members (excludes halogenated alkanes) is 53. The fourth-order valence-corrected chi connectivity index (χ4v) is 11.3. The number of amides is 1. The van der Waals surface area contributed by atoms with Gasteiger partial charge in [-0.1, -0.05) is 339 Å². The maximum absolute atomic E-state index is 12.5. The van der Waals surface area contributed by atoms with Crippen molar-refractivity contribution < 1.29 is 24.5 Å². The summed E-state index contributed by atoms with van der Waals surface area (Å²) < 4.78 is 5.48. The lowest BCUT2D eigenvalue weighted by Gasteiger charge is -2.20. The number of esters is 1. The molecule has 0 aliphatic carbocycles. The average Bonchev–Trinajstić information content (AvgIpc) is 3.46. The molecule has 80 heavy (non-hydrogen) atoms. The molecule has 0 aromatic carbocycles. The van der Waals surface area contributed by atoms with E-state index < -0.39 is 12.1 Å². The number of allylic oxidation sites excluding steroid dienone is 5. The summed E-state index contributed by atoms with van der Waals surface area (Å²) in [5.41, 5.74) is 0. The average molecular weight is 1120 g/mol. The largest absolute Gasteiger partial charge is 0.466 e. The Morgan fingerprint density at radius 1 is 0.338 bits per heavy atom. The van der Waals surface area contributed by atoms with Crippen molar-refractivity contribution >= 4 is 11.9 Å². The molecule has 2 atom stereocenters. The van der Waals surface area contributed by atoms with Gasteiger partial charge in [0.05, 0.1) is 25.4 Å². The molecule has 0 bridgehead atoms. The lowest BCUT2D eigenvalue weighted by atomic mass is 10.0. The first-order valence-corrected chi connectivity index (χ1v) is 36.3. The van der Waals surface area contributed by atoms with Gasteiger partial charge in [-0.15, -0.1) is 0 Å². The number of hydrogen-bond donors (Lipinski definition) is 3. The first-order valence-electron chi connectivity index (χ1n) is 36.3. The van der Waals surface area contributed by atoms with Gasteiger partial charge >= 0.3 is 5.97 Å². The van der Waals surface area contributed by atoms with Gasteiger partial charge < -0.3 is 20.3 Å². The maximum Gasteiger partial charge on any atom is 0.305 e. The summed E-state index contributed by atoms with van der Waals surface area (Å²) in [6.07, 6.45) is 89.4. The fourth-order valence-electron chi connectivity index (χ4n) is 11.3. The molecule has 0 fully saturated rings. The standard InChI is InChI=1S/C74H141NO5/c1-3-5-7-9-11-13-15-17-18-19-20-21-22-27-30-33-36-39-43-46-50-54-58-62-66-72(77)71(70-76)75-73(78)67-63-59-55-51-47-44-40-37-34-31-28-25-23-24-26-29-32-35-38-41-45-49-53-57-61-65-69-80-74(79)68-64-60-56-52-48-42-16-14-12-10-8-6-4-2/h14,16,23,25,62,66,71-72,76-77H,3-13,15,17-22,24,26-61,63-65,67-70H2,1-2H3,(H,75,78)/b16-14-,25-23-,66-62+. The second-order valence-electron chi connectivity index (χ2n) is 24.9. The number of carbonyl (C=O) groups is 2. The van der Waals surface area contributed by atoms with Crippen LogP contribution in [0.15, 0.2) is 36.5 Å². The zero-order valence-electron chi connectivity index (χ0n) is 54.1. The SMILES string of the molecule is CCCCCC/C=C\CCCCCCCC(=O)OCCCCCCCCCCCCCC/C=C\CCCCCCCCCCCCC(=O)NC(CO)C(O)/C=C/CCCCCCCCCCCCCCCCCCCCCCCC. The molecule has 0 radical (unpaired) electrons. The van der Waals surface area contributed by atoms with Gasteiger partial charge in [0.15, 0.2) is 0 Å². The van der Waals surface area contributed by atoms with Crippen LogP contribution in [0.2, 0.25) is 0 Å². The normalized spacial score (nSPS) is 12.7. The first-order chi connectivity index (χ1) is 39.5. The molecule has 0 aromatic rings. The quantitative estimate of drug-likeness (QED) is 0.0320. The molecule has 0 heterocycles. The smallest absolute Gasteiger partial charge is 0.305 e. The van der Waals surface area contributed by atoms with E-state index in [1.165, 1.54) is 327 Å². The third-order valence-electron chi connectivity index (χ3n) is 16.9. The zero-order valence-corrected chi connectivity index (χ0v) is 54.1. The van der Waals surface area contributed by atoms with E-state index in [-0.39, 0.29) is 18.5 Å². The summed E-state index contributed by atoms with van der Waals surface area (Å²) in [5, 5.41) is 23.3. The van der Waals surface area contributed by atoms with Crippen LogP contribution in [-0.2, 0) is 14.3 Å². The van der Waals surface area contributed by atoms with Crippen LogP contribution in [0.4, 0.5) is 0 Å². The van der Waals surface area contributed by atoms with Gasteiger partial charge in [-0.25, -0.2) is 0 Å². The minimum absolute atomic E-state index is 0.00513. The van der Waals surface area contributed by atoms with Crippen molar-refractivity contribution in [3.63, 3.8) is 0 Å². The van der Waals surface area contributed by atoms with E-state index >= 15 is 0 Å². The van der Waals surface area contributed by atoms with E-state index in [1.807, 2.05) is 6.08 Å². The van der Waals surface area contributed by atoms with E-state index in [9.17, 15) is 19.8 Å². The lowest BCUT2D eigenvalue weighted by molar-refractivity contribution is -0.143. The van der Waals surface area contributed by atoms with Crippen molar-refractivity contribution in [3.05, 3.63) is 36.5 Å². The van der Waals surface area contributed by atoms with E-state index in [1.54, 1.807) is 6.08 Å². The molecule has 0 aliphatic rings. The van der Waals surface area contributed by atoms with E-state index in [0.717, 1.165) is 44.9 Å².